The van der Waals surface area contributed by atoms with E-state index in [0.29, 0.717) is 12.8 Å². The lowest BCUT2D eigenvalue weighted by atomic mass is 9.94. The lowest BCUT2D eigenvalue weighted by Gasteiger charge is -2.38. The number of nitrogens with two attached hydrogens (primary N) is 3. The van der Waals surface area contributed by atoms with Crippen molar-refractivity contribution in [3.8, 4) is 5.75 Å². The van der Waals surface area contributed by atoms with Crippen LogP contribution in [0.15, 0.2) is 24.3 Å². The first kappa shape index (κ1) is 72.1. The molecule has 0 aliphatic carbocycles. The van der Waals surface area contributed by atoms with Crippen molar-refractivity contribution >= 4 is 65.0 Å². The van der Waals surface area contributed by atoms with Crippen LogP contribution in [0, 0.1) is 0 Å². The molecule has 0 saturated carbocycles. The zero-order valence-electron chi connectivity index (χ0n) is 47.0. The molecule has 0 bridgehead atoms. The number of carbonyl (C=O) groups is 11. The molecule has 33 nitrogen and oxygen atoms in total. The molecule has 0 spiro atoms. The Labute approximate surface area is 488 Å². The molecule has 0 radical (unpaired) electrons. The molecule has 15 atom stereocenters. The number of aliphatic hydroxyl groups excluding tert-OH is 8. The van der Waals surface area contributed by atoms with E-state index < -0.39 is 215 Å². The van der Waals surface area contributed by atoms with E-state index in [9.17, 15) is 98.7 Å². The van der Waals surface area contributed by atoms with Gasteiger partial charge in [-0.15, -0.1) is 0 Å². The molecular weight excluding hydrogens is 1130 g/mol. The van der Waals surface area contributed by atoms with E-state index in [1.54, 1.807) is 0 Å². The Morgan fingerprint density at radius 3 is 1.64 bits per heavy atom. The van der Waals surface area contributed by atoms with Crippen LogP contribution in [0.1, 0.15) is 115 Å². The number of hydrogen-bond donors (Lipinski definition) is 20. The van der Waals surface area contributed by atoms with E-state index >= 15 is 0 Å². The van der Waals surface area contributed by atoms with Crippen LogP contribution < -0.4 is 59.7 Å². The number of benzene rings is 1. The lowest BCUT2D eigenvalue weighted by molar-refractivity contribution is -0.293. The number of unbranched alkanes of at least 4 members (excludes halogenated alkanes) is 8. The monoisotopic (exact) mass is 1210 g/mol. The first-order valence-electron chi connectivity index (χ1n) is 27.8. The van der Waals surface area contributed by atoms with Gasteiger partial charge in [-0.3, -0.25) is 52.7 Å². The van der Waals surface area contributed by atoms with Crippen LogP contribution in [0.25, 0.3) is 0 Å². The number of aliphatic hydroxyl groups is 8. The second-order valence-electron chi connectivity index (χ2n) is 20.8. The third kappa shape index (κ3) is 24.7. The van der Waals surface area contributed by atoms with Gasteiger partial charge in [-0.1, -0.05) is 76.8 Å². The van der Waals surface area contributed by atoms with Crippen LogP contribution in [0.5, 0.6) is 5.75 Å². The summed E-state index contributed by atoms with van der Waals surface area (Å²) in [5.41, 5.74) is 15.9. The predicted octanol–water partition coefficient (Wildman–Crippen LogP) is -8.19. The van der Waals surface area contributed by atoms with Crippen molar-refractivity contribution < 1.29 is 108 Å². The van der Waals surface area contributed by atoms with Gasteiger partial charge >= 0.3 is 0 Å². The summed E-state index contributed by atoms with van der Waals surface area (Å²) in [5.74, 6) is -14.7. The standard InChI is InChI=1S/C52H83N11O22/c1-2-3-4-5-6-7-8-9-10-11-35(85-52-45(77)44(76)34(68)24-84-52)43(75)33(67)16-26-17-39(72)59-31(22-64)50(82)63-41(42(74)25-12-14-27(66)15-13-25)51(83)61-28(18-36(53)69)46(78)56-21-40(73)58-29(19-37(54)70)48(80)62-32(23-65)49(81)60-30(20-38(55)71)47(79)57-26/h12-15,26,28-35,41-45,52,64-68,74-77H,2-11,16-24H2,1H3,(H2,53,69)(H2,54,70)(H2,55,71)(H,56,78)(H,57,79)(H,58,73)(H,59,72)(H,60,81)(H,61,83)(H,62,80)(H,63,82)/t26-,28-,29+,30+,31-,32+,33-,34-,35+,41?,42?,43-,44+,45-,52+/m1/s1. The zero-order valence-corrected chi connectivity index (χ0v) is 47.0. The molecule has 2 aliphatic heterocycles. The van der Waals surface area contributed by atoms with E-state index in [1.807, 2.05) is 5.32 Å². The Balaban J connectivity index is 2.14. The van der Waals surface area contributed by atoms with E-state index in [4.69, 9.17) is 26.7 Å². The minimum Gasteiger partial charge on any atom is -0.508 e. The van der Waals surface area contributed by atoms with Crippen LogP contribution in [-0.2, 0) is 62.2 Å². The maximum absolute atomic E-state index is 14.2. The van der Waals surface area contributed by atoms with Crippen molar-refractivity contribution in [1.82, 2.24) is 42.5 Å². The molecule has 2 saturated heterocycles. The number of ether oxygens (including phenoxy) is 2. The summed E-state index contributed by atoms with van der Waals surface area (Å²) < 4.78 is 11.3. The first-order chi connectivity index (χ1) is 40.2. The number of carbonyl (C=O) groups excluding carboxylic acids is 11. The number of hydrogen-bond acceptors (Lipinski definition) is 22. The minimum atomic E-state index is -2.21. The fourth-order valence-corrected chi connectivity index (χ4v) is 9.06. The highest BCUT2D eigenvalue weighted by molar-refractivity contribution is 5.99. The van der Waals surface area contributed by atoms with Gasteiger partial charge in [-0.05, 0) is 30.5 Å². The maximum atomic E-state index is 14.2. The highest BCUT2D eigenvalue weighted by atomic mass is 16.7. The van der Waals surface area contributed by atoms with Gasteiger partial charge in [0, 0.05) is 12.5 Å². The summed E-state index contributed by atoms with van der Waals surface area (Å²) in [5, 5.41) is 114. The van der Waals surface area contributed by atoms with Crippen LogP contribution >= 0.6 is 0 Å². The maximum Gasteiger partial charge on any atom is 0.246 e. The highest BCUT2D eigenvalue weighted by Crippen LogP contribution is 2.25. The third-order valence-electron chi connectivity index (χ3n) is 13.8. The van der Waals surface area contributed by atoms with Gasteiger partial charge in [0.15, 0.2) is 6.29 Å². The molecule has 11 amide bonds. The van der Waals surface area contributed by atoms with Crippen molar-refractivity contribution in [2.24, 2.45) is 17.2 Å². The molecule has 478 valence electrons. The smallest absolute Gasteiger partial charge is 0.246 e. The molecular formula is C52H83N11O22. The van der Waals surface area contributed by atoms with Gasteiger partial charge in [0.1, 0.15) is 72.5 Å². The number of aromatic hydroxyl groups is 1. The van der Waals surface area contributed by atoms with Crippen molar-refractivity contribution in [2.75, 3.05) is 26.4 Å². The van der Waals surface area contributed by atoms with Crippen molar-refractivity contribution in [1.29, 1.82) is 0 Å². The Hall–Kier alpha value is -7.21. The Morgan fingerprint density at radius 1 is 0.600 bits per heavy atom. The topological polar surface area (TPSA) is 563 Å². The van der Waals surface area contributed by atoms with Crippen LogP contribution in [0.4, 0.5) is 0 Å². The van der Waals surface area contributed by atoms with Gasteiger partial charge in [-0.2, -0.15) is 0 Å². The SMILES string of the molecule is CCCCCCCCCCC[C@H](O[C@@H]1OC[C@@H](O)[C@H](O)[C@H]1O)[C@H](O)[C@H](O)C[C@@H]1CC(=O)N[C@H](CO)C(=O)NC(C(O)c2ccc(O)cc2)C(=O)N[C@H](CC(N)=O)C(=O)NCC(=O)N[C@@H](CC(N)=O)C(=O)N[C@@H](CO)C(=O)N[C@@H](CC(N)=O)C(=O)N1. The van der Waals surface area contributed by atoms with Gasteiger partial charge in [0.25, 0.3) is 0 Å². The normalized spacial score (nSPS) is 27.0. The summed E-state index contributed by atoms with van der Waals surface area (Å²) in [6, 6.07) is -9.65. The minimum absolute atomic E-state index is 0.0194. The van der Waals surface area contributed by atoms with Crippen molar-refractivity contribution in [3.63, 3.8) is 0 Å². The molecule has 1 aromatic carbocycles. The number of amides is 11. The fraction of sp³-hybridized carbons (Fsp3) is 0.673. The van der Waals surface area contributed by atoms with E-state index in [2.05, 4.69) is 44.1 Å². The predicted molar refractivity (Wildman–Crippen MR) is 291 cm³/mol. The largest absolute Gasteiger partial charge is 0.508 e. The highest BCUT2D eigenvalue weighted by Gasteiger charge is 2.42. The molecule has 3 rings (SSSR count). The molecule has 33 heteroatoms. The summed E-state index contributed by atoms with van der Waals surface area (Å²) in [7, 11) is 0. The van der Waals surface area contributed by atoms with Gasteiger partial charge < -0.3 is 115 Å². The van der Waals surface area contributed by atoms with Gasteiger partial charge in [0.2, 0.25) is 65.0 Å². The second-order valence-corrected chi connectivity index (χ2v) is 20.8. The molecule has 85 heavy (non-hydrogen) atoms. The van der Waals surface area contributed by atoms with Crippen LogP contribution in [0.2, 0.25) is 0 Å². The van der Waals surface area contributed by atoms with E-state index in [0.717, 1.165) is 69.2 Å². The Bertz CT molecular complexity index is 2410. The summed E-state index contributed by atoms with van der Waals surface area (Å²) in [6.45, 7) is -2.00. The lowest BCUT2D eigenvalue weighted by Crippen LogP contribution is -2.60. The van der Waals surface area contributed by atoms with Gasteiger partial charge in [0.05, 0.1) is 57.8 Å². The number of phenolic OH excluding ortho intramolecular Hbond substituents is 1. The number of nitrogens with one attached hydrogen (secondary N) is 8. The Kier molecular flexibility index (Phi) is 31.0. The number of phenols is 1. The van der Waals surface area contributed by atoms with Crippen molar-refractivity contribution in [3.05, 3.63) is 29.8 Å². The fourth-order valence-electron chi connectivity index (χ4n) is 9.06. The van der Waals surface area contributed by atoms with Gasteiger partial charge in [-0.25, -0.2) is 0 Å². The van der Waals surface area contributed by atoms with Crippen LogP contribution in [-0.4, -0.2) is 223 Å². The molecule has 2 heterocycles. The third-order valence-corrected chi connectivity index (χ3v) is 13.8. The zero-order chi connectivity index (χ0) is 63.5. The molecule has 0 aromatic heterocycles. The number of primary amides is 3. The van der Waals surface area contributed by atoms with Crippen molar-refractivity contribution in [2.45, 2.75) is 195 Å². The number of rotatable bonds is 26. The molecule has 2 aliphatic rings. The second kappa shape index (κ2) is 36.6. The summed E-state index contributed by atoms with van der Waals surface area (Å²) in [6.07, 6.45) is -11.3. The summed E-state index contributed by atoms with van der Waals surface area (Å²) >= 11 is 0. The average molecular weight is 1210 g/mol. The molecule has 2 unspecified atom stereocenters. The first-order valence-corrected chi connectivity index (χ1v) is 27.8. The Morgan fingerprint density at radius 2 is 1.07 bits per heavy atom. The average Bonchev–Trinajstić information content (AvgIpc) is 3.63. The molecule has 1 aromatic rings. The molecule has 2 fully saturated rings. The molecule has 23 N–H and O–H groups in total. The van der Waals surface area contributed by atoms with E-state index in [1.165, 1.54) is 0 Å². The van der Waals surface area contributed by atoms with Crippen LogP contribution in [0.3, 0.4) is 0 Å². The van der Waals surface area contributed by atoms with E-state index in [-0.39, 0.29) is 17.7 Å². The quantitative estimate of drug-likeness (QED) is 0.0383. The summed E-state index contributed by atoms with van der Waals surface area (Å²) in [4.78, 5) is 147.